The highest BCUT2D eigenvalue weighted by Gasteiger charge is 2.42. The molecule has 1 amide bonds. The van der Waals surface area contributed by atoms with Crippen molar-refractivity contribution in [3.05, 3.63) is 0 Å². The lowest BCUT2D eigenvalue weighted by Crippen LogP contribution is -2.67. The quantitative estimate of drug-likeness (QED) is 0.597. The fourth-order valence-electron chi connectivity index (χ4n) is 1.19. The highest BCUT2D eigenvalue weighted by Crippen LogP contribution is 2.24. The third kappa shape index (κ3) is 1.30. The van der Waals surface area contributed by atoms with Crippen LogP contribution in [-0.2, 0) is 0 Å². The second kappa shape index (κ2) is 2.37. The number of hydrogen-bond donors (Lipinski definition) is 1. The van der Waals surface area contributed by atoms with Crippen LogP contribution in [-0.4, -0.2) is 53.7 Å². The summed E-state index contributed by atoms with van der Waals surface area (Å²) in [6.45, 7) is 3.30. The van der Waals surface area contributed by atoms with E-state index in [0.717, 1.165) is 0 Å². The van der Waals surface area contributed by atoms with Crippen molar-refractivity contribution in [2.75, 3.05) is 27.2 Å². The molecule has 0 aromatic heterocycles. The lowest BCUT2D eigenvalue weighted by atomic mass is 9.91. The van der Waals surface area contributed by atoms with Crippen LogP contribution in [0.2, 0.25) is 0 Å². The largest absolute Gasteiger partial charge is 0.465 e. The number of amides is 1. The molecule has 0 aliphatic carbocycles. The van der Waals surface area contributed by atoms with Crippen LogP contribution in [0.15, 0.2) is 0 Å². The van der Waals surface area contributed by atoms with Crippen LogP contribution >= 0.6 is 0 Å². The Hall–Kier alpha value is -0.770. The van der Waals surface area contributed by atoms with E-state index in [1.54, 1.807) is 0 Å². The van der Waals surface area contributed by atoms with Gasteiger partial charge in [-0.3, -0.25) is 0 Å². The summed E-state index contributed by atoms with van der Waals surface area (Å²) in [6, 6.07) is 0. The first-order chi connectivity index (χ1) is 4.96. The van der Waals surface area contributed by atoms with Gasteiger partial charge in [0.15, 0.2) is 0 Å². The summed E-state index contributed by atoms with van der Waals surface area (Å²) in [4.78, 5) is 13.9. The normalized spacial score (nSPS) is 21.6. The molecule has 1 heterocycles. The fraction of sp³-hybridized carbons (Fsp3) is 0.857. The molecule has 0 unspecified atom stereocenters. The van der Waals surface area contributed by atoms with E-state index in [4.69, 9.17) is 5.11 Å². The van der Waals surface area contributed by atoms with Crippen LogP contribution < -0.4 is 0 Å². The summed E-state index contributed by atoms with van der Waals surface area (Å²) in [6.07, 6.45) is -0.815. The third-order valence-electron chi connectivity index (χ3n) is 2.41. The number of likely N-dealkylation sites (tertiary alicyclic amines) is 1. The molecule has 1 rings (SSSR count). The minimum atomic E-state index is -0.815. The van der Waals surface area contributed by atoms with E-state index >= 15 is 0 Å². The number of likely N-dealkylation sites (N-methyl/N-ethyl adjacent to an activating group) is 1. The highest BCUT2D eigenvalue weighted by molar-refractivity contribution is 5.66. The van der Waals surface area contributed by atoms with Crippen LogP contribution in [0.4, 0.5) is 4.79 Å². The predicted octanol–water partition coefficient (Wildman–Crippen LogP) is 0.300. The number of carbonyl (C=O) groups is 1. The van der Waals surface area contributed by atoms with Gasteiger partial charge in [0.25, 0.3) is 0 Å². The zero-order valence-corrected chi connectivity index (χ0v) is 7.16. The van der Waals surface area contributed by atoms with Gasteiger partial charge in [-0.05, 0) is 21.0 Å². The van der Waals surface area contributed by atoms with E-state index in [0.29, 0.717) is 13.1 Å². The summed E-state index contributed by atoms with van der Waals surface area (Å²) >= 11 is 0. The van der Waals surface area contributed by atoms with Gasteiger partial charge in [-0.25, -0.2) is 4.79 Å². The van der Waals surface area contributed by atoms with E-state index in [-0.39, 0.29) is 5.54 Å². The summed E-state index contributed by atoms with van der Waals surface area (Å²) in [5.41, 5.74) is 0.0540. The van der Waals surface area contributed by atoms with Gasteiger partial charge >= 0.3 is 6.09 Å². The fourth-order valence-corrected chi connectivity index (χ4v) is 1.19. The molecule has 1 aliphatic heterocycles. The van der Waals surface area contributed by atoms with Crippen LogP contribution in [0.25, 0.3) is 0 Å². The van der Waals surface area contributed by atoms with Crippen molar-refractivity contribution < 1.29 is 9.90 Å². The molecule has 0 spiro atoms. The standard InChI is InChI=1S/C7H14N2O2/c1-7(8(2)3)4-9(5-7)6(10)11/h4-5H2,1-3H3,(H,10,11). The molecule has 1 N–H and O–H groups in total. The second-order valence-electron chi connectivity index (χ2n) is 3.53. The Balaban J connectivity index is 2.44. The maximum atomic E-state index is 10.4. The van der Waals surface area contributed by atoms with Crippen molar-refractivity contribution in [2.24, 2.45) is 0 Å². The van der Waals surface area contributed by atoms with E-state index in [2.05, 4.69) is 11.8 Å². The lowest BCUT2D eigenvalue weighted by molar-refractivity contribution is -0.00516. The summed E-state index contributed by atoms with van der Waals surface area (Å²) in [5, 5.41) is 8.55. The zero-order chi connectivity index (χ0) is 8.65. The van der Waals surface area contributed by atoms with Crippen molar-refractivity contribution in [1.82, 2.24) is 9.80 Å². The van der Waals surface area contributed by atoms with Gasteiger partial charge in [0.2, 0.25) is 0 Å². The molecule has 1 fully saturated rings. The van der Waals surface area contributed by atoms with Crippen molar-refractivity contribution in [3.63, 3.8) is 0 Å². The molecule has 0 aromatic rings. The van der Waals surface area contributed by atoms with E-state index in [1.807, 2.05) is 14.1 Å². The topological polar surface area (TPSA) is 43.8 Å². The smallest absolute Gasteiger partial charge is 0.407 e. The maximum Gasteiger partial charge on any atom is 0.407 e. The first-order valence-electron chi connectivity index (χ1n) is 3.61. The van der Waals surface area contributed by atoms with E-state index in [1.165, 1.54) is 4.90 Å². The molecule has 0 saturated carbocycles. The van der Waals surface area contributed by atoms with Gasteiger partial charge < -0.3 is 14.9 Å². The summed E-state index contributed by atoms with van der Waals surface area (Å²) in [7, 11) is 3.94. The summed E-state index contributed by atoms with van der Waals surface area (Å²) < 4.78 is 0. The van der Waals surface area contributed by atoms with Gasteiger partial charge in [-0.1, -0.05) is 0 Å². The highest BCUT2D eigenvalue weighted by atomic mass is 16.4. The molecule has 1 saturated heterocycles. The number of hydrogen-bond acceptors (Lipinski definition) is 2. The minimum Gasteiger partial charge on any atom is -0.465 e. The zero-order valence-electron chi connectivity index (χ0n) is 7.16. The van der Waals surface area contributed by atoms with Crippen LogP contribution in [0.1, 0.15) is 6.92 Å². The van der Waals surface area contributed by atoms with Gasteiger partial charge in [-0.2, -0.15) is 0 Å². The molecule has 11 heavy (non-hydrogen) atoms. The van der Waals surface area contributed by atoms with Gasteiger partial charge in [0.05, 0.1) is 5.54 Å². The SMILES string of the molecule is CN(C)C1(C)CN(C(=O)O)C1. The number of nitrogens with zero attached hydrogens (tertiary/aromatic N) is 2. The first kappa shape index (κ1) is 8.33. The molecule has 1 aliphatic rings. The Kier molecular flexibility index (Phi) is 1.80. The van der Waals surface area contributed by atoms with Crippen molar-refractivity contribution in [3.8, 4) is 0 Å². The molecular weight excluding hydrogens is 144 g/mol. The van der Waals surface area contributed by atoms with Crippen LogP contribution in [0.5, 0.6) is 0 Å². The van der Waals surface area contributed by atoms with Gasteiger partial charge in [-0.15, -0.1) is 0 Å². The Morgan fingerprint density at radius 1 is 1.55 bits per heavy atom. The van der Waals surface area contributed by atoms with Crippen LogP contribution in [0.3, 0.4) is 0 Å². The van der Waals surface area contributed by atoms with Crippen molar-refractivity contribution in [1.29, 1.82) is 0 Å². The van der Waals surface area contributed by atoms with Crippen LogP contribution in [0, 0.1) is 0 Å². The Morgan fingerprint density at radius 3 is 2.27 bits per heavy atom. The van der Waals surface area contributed by atoms with Crippen molar-refractivity contribution >= 4 is 6.09 Å². The van der Waals surface area contributed by atoms with E-state index in [9.17, 15) is 4.79 Å². The molecule has 4 heteroatoms. The molecule has 4 nitrogen and oxygen atoms in total. The maximum absolute atomic E-state index is 10.4. The second-order valence-corrected chi connectivity index (χ2v) is 3.53. The Labute approximate surface area is 66.4 Å². The Morgan fingerprint density at radius 2 is 2.00 bits per heavy atom. The minimum absolute atomic E-state index is 0.0540. The van der Waals surface area contributed by atoms with E-state index < -0.39 is 6.09 Å². The number of carboxylic acid groups (broad SMARTS) is 1. The molecule has 0 radical (unpaired) electrons. The van der Waals surface area contributed by atoms with Crippen molar-refractivity contribution in [2.45, 2.75) is 12.5 Å². The Bertz CT molecular complexity index is 173. The molecular formula is C7H14N2O2. The monoisotopic (exact) mass is 158 g/mol. The molecule has 0 bridgehead atoms. The lowest BCUT2D eigenvalue weighted by Gasteiger charge is -2.50. The summed E-state index contributed by atoms with van der Waals surface area (Å²) in [5.74, 6) is 0. The number of rotatable bonds is 1. The average molecular weight is 158 g/mol. The molecule has 0 atom stereocenters. The molecule has 0 aromatic carbocycles. The third-order valence-corrected chi connectivity index (χ3v) is 2.41. The van der Waals surface area contributed by atoms with Gasteiger partial charge in [0.1, 0.15) is 0 Å². The average Bonchev–Trinajstić information content (AvgIpc) is 1.79. The molecule has 64 valence electrons. The first-order valence-corrected chi connectivity index (χ1v) is 3.61. The van der Waals surface area contributed by atoms with Gasteiger partial charge in [0, 0.05) is 13.1 Å². The predicted molar refractivity (Wildman–Crippen MR) is 41.7 cm³/mol.